The zero-order valence-corrected chi connectivity index (χ0v) is 15.0. The van der Waals surface area contributed by atoms with Crippen molar-refractivity contribution in [2.75, 3.05) is 0 Å². The number of pyridine rings is 1. The first-order chi connectivity index (χ1) is 12.6. The van der Waals surface area contributed by atoms with Gasteiger partial charge in [-0.2, -0.15) is 0 Å². The number of aliphatic imine (C=N–C) groups is 1. The van der Waals surface area contributed by atoms with Gasteiger partial charge in [0, 0.05) is 10.9 Å². The first kappa shape index (κ1) is 15.3. The van der Waals surface area contributed by atoms with Crippen LogP contribution in [0.25, 0.3) is 21.7 Å². The minimum absolute atomic E-state index is 0.127. The second-order valence-corrected chi connectivity index (χ2v) is 7.66. The molecule has 2 heterocycles. The van der Waals surface area contributed by atoms with Crippen molar-refractivity contribution in [3.63, 3.8) is 0 Å². The highest BCUT2D eigenvalue weighted by molar-refractivity contribution is 6.20. The molecule has 0 radical (unpaired) electrons. The molecular formula is C24H20N2. The first-order valence-corrected chi connectivity index (χ1v) is 9.08. The van der Waals surface area contributed by atoms with E-state index in [2.05, 4.69) is 74.5 Å². The Bertz CT molecular complexity index is 1190. The molecule has 0 fully saturated rings. The predicted octanol–water partition coefficient (Wildman–Crippen LogP) is 5.56. The average Bonchev–Trinajstić information content (AvgIpc) is 2.66. The molecule has 1 aromatic heterocycles. The number of benzene rings is 3. The lowest BCUT2D eigenvalue weighted by atomic mass is 9.83. The Kier molecular flexibility index (Phi) is 3.23. The van der Waals surface area contributed by atoms with E-state index in [9.17, 15) is 0 Å². The van der Waals surface area contributed by atoms with Crippen LogP contribution < -0.4 is 0 Å². The molecule has 0 amide bonds. The molecule has 0 N–H and O–H groups in total. The van der Waals surface area contributed by atoms with Crippen LogP contribution in [0.2, 0.25) is 0 Å². The maximum atomic E-state index is 5.14. The van der Waals surface area contributed by atoms with Gasteiger partial charge < -0.3 is 0 Å². The molecule has 2 nitrogen and oxygen atoms in total. The average molecular weight is 336 g/mol. The molecule has 0 atom stereocenters. The highest BCUT2D eigenvalue weighted by Crippen LogP contribution is 2.34. The second-order valence-electron chi connectivity index (χ2n) is 7.66. The number of fused-ring (bicyclic) bond motifs is 4. The van der Waals surface area contributed by atoms with Crippen molar-refractivity contribution < 1.29 is 0 Å². The van der Waals surface area contributed by atoms with Gasteiger partial charge in [-0.3, -0.25) is 4.99 Å². The summed E-state index contributed by atoms with van der Waals surface area (Å²) >= 11 is 0. The van der Waals surface area contributed by atoms with Crippen LogP contribution in [0.4, 0.5) is 0 Å². The summed E-state index contributed by atoms with van der Waals surface area (Å²) in [5.74, 6) is 0. The molecule has 1 aliphatic heterocycles. The number of rotatable bonds is 1. The van der Waals surface area contributed by atoms with Crippen molar-refractivity contribution in [3.8, 4) is 0 Å². The van der Waals surface area contributed by atoms with E-state index in [1.165, 1.54) is 21.9 Å². The molecule has 0 saturated carbocycles. The van der Waals surface area contributed by atoms with Crippen LogP contribution >= 0.6 is 0 Å². The Balaban J connectivity index is 1.82. The monoisotopic (exact) mass is 336 g/mol. The van der Waals surface area contributed by atoms with Gasteiger partial charge in [-0.25, -0.2) is 4.98 Å². The summed E-state index contributed by atoms with van der Waals surface area (Å²) < 4.78 is 0. The fraction of sp³-hybridized carbons (Fsp3) is 0.167. The Morgan fingerprint density at radius 3 is 2.38 bits per heavy atom. The Labute approximate surface area is 153 Å². The van der Waals surface area contributed by atoms with Crippen molar-refractivity contribution in [3.05, 3.63) is 89.6 Å². The standard InChI is InChI=1S/C24H20N2/c1-24(2)15-18-12-11-16-7-3-5-9-19(16)22(18)23(26-24)21-14-13-17-8-4-6-10-20(17)25-21/h3-14H,15H2,1-2H3. The Hall–Kier alpha value is -3.00. The highest BCUT2D eigenvalue weighted by Gasteiger charge is 2.29. The number of nitrogens with zero attached hydrogens (tertiary/aromatic N) is 2. The number of para-hydroxylation sites is 1. The van der Waals surface area contributed by atoms with Crippen molar-refractivity contribution >= 4 is 27.4 Å². The van der Waals surface area contributed by atoms with Gasteiger partial charge in [-0.05, 0) is 48.7 Å². The van der Waals surface area contributed by atoms with Crippen LogP contribution in [0, 0.1) is 0 Å². The molecule has 126 valence electrons. The molecular weight excluding hydrogens is 316 g/mol. The molecule has 3 aromatic carbocycles. The Morgan fingerprint density at radius 1 is 0.769 bits per heavy atom. The zero-order valence-electron chi connectivity index (χ0n) is 15.0. The summed E-state index contributed by atoms with van der Waals surface area (Å²) in [6, 6.07) is 25.5. The quantitative estimate of drug-likeness (QED) is 0.447. The lowest BCUT2D eigenvalue weighted by molar-refractivity contribution is 0.514. The summed E-state index contributed by atoms with van der Waals surface area (Å²) in [7, 11) is 0. The summed E-state index contributed by atoms with van der Waals surface area (Å²) in [5, 5.41) is 3.67. The minimum atomic E-state index is -0.127. The summed E-state index contributed by atoms with van der Waals surface area (Å²) in [4.78, 5) is 10.1. The largest absolute Gasteiger partial charge is 0.276 e. The van der Waals surface area contributed by atoms with Gasteiger partial charge >= 0.3 is 0 Å². The molecule has 26 heavy (non-hydrogen) atoms. The molecule has 0 bridgehead atoms. The highest BCUT2D eigenvalue weighted by atomic mass is 14.9. The van der Waals surface area contributed by atoms with Crippen LogP contribution in [0.15, 0.2) is 77.8 Å². The Morgan fingerprint density at radius 2 is 1.50 bits per heavy atom. The molecule has 0 aliphatic carbocycles. The van der Waals surface area contributed by atoms with Crippen molar-refractivity contribution in [1.29, 1.82) is 0 Å². The van der Waals surface area contributed by atoms with Gasteiger partial charge in [0.2, 0.25) is 0 Å². The first-order valence-electron chi connectivity index (χ1n) is 9.08. The molecule has 4 aromatic rings. The summed E-state index contributed by atoms with van der Waals surface area (Å²) in [6.07, 6.45) is 0.949. The second kappa shape index (κ2) is 5.50. The number of hydrogen-bond acceptors (Lipinski definition) is 2. The third-order valence-electron chi connectivity index (χ3n) is 5.13. The fourth-order valence-corrected chi connectivity index (χ4v) is 3.99. The van der Waals surface area contributed by atoms with Gasteiger partial charge in [0.05, 0.1) is 22.5 Å². The van der Waals surface area contributed by atoms with Gasteiger partial charge in [0.15, 0.2) is 0 Å². The fourth-order valence-electron chi connectivity index (χ4n) is 3.99. The normalized spacial score (nSPS) is 15.7. The van der Waals surface area contributed by atoms with Gasteiger partial charge in [-0.15, -0.1) is 0 Å². The molecule has 0 saturated heterocycles. The molecule has 0 spiro atoms. The van der Waals surface area contributed by atoms with Gasteiger partial charge in [0.1, 0.15) is 0 Å². The van der Waals surface area contributed by atoms with Crippen LogP contribution in [0.1, 0.15) is 30.7 Å². The topological polar surface area (TPSA) is 25.2 Å². The van der Waals surface area contributed by atoms with E-state index in [0.29, 0.717) is 0 Å². The maximum Gasteiger partial charge on any atom is 0.0919 e. The SMILES string of the molecule is CC1(C)Cc2ccc3ccccc3c2C(c2ccc3ccccc3n2)=N1. The van der Waals surface area contributed by atoms with Gasteiger partial charge in [0.25, 0.3) is 0 Å². The van der Waals surface area contributed by atoms with Crippen LogP contribution in [0.3, 0.4) is 0 Å². The number of hydrogen-bond donors (Lipinski definition) is 0. The van der Waals surface area contributed by atoms with E-state index in [1.54, 1.807) is 0 Å². The lowest BCUT2D eigenvalue weighted by Crippen LogP contribution is -2.30. The van der Waals surface area contributed by atoms with E-state index in [1.807, 2.05) is 12.1 Å². The third-order valence-corrected chi connectivity index (χ3v) is 5.13. The third kappa shape index (κ3) is 2.41. The van der Waals surface area contributed by atoms with Gasteiger partial charge in [-0.1, -0.05) is 60.7 Å². The zero-order chi connectivity index (χ0) is 17.7. The van der Waals surface area contributed by atoms with Crippen molar-refractivity contribution in [2.45, 2.75) is 25.8 Å². The van der Waals surface area contributed by atoms with Crippen LogP contribution in [0.5, 0.6) is 0 Å². The minimum Gasteiger partial charge on any atom is -0.276 e. The molecule has 1 aliphatic rings. The number of aromatic nitrogens is 1. The van der Waals surface area contributed by atoms with Crippen LogP contribution in [-0.2, 0) is 6.42 Å². The van der Waals surface area contributed by atoms with E-state index < -0.39 is 0 Å². The van der Waals surface area contributed by atoms with E-state index in [-0.39, 0.29) is 5.54 Å². The lowest BCUT2D eigenvalue weighted by Gasteiger charge is -2.30. The molecule has 0 unspecified atom stereocenters. The summed E-state index contributed by atoms with van der Waals surface area (Å²) in [6.45, 7) is 4.40. The summed E-state index contributed by atoms with van der Waals surface area (Å²) in [5.41, 5.74) is 5.45. The van der Waals surface area contributed by atoms with E-state index >= 15 is 0 Å². The van der Waals surface area contributed by atoms with Crippen molar-refractivity contribution in [1.82, 2.24) is 4.98 Å². The molecule has 5 rings (SSSR count). The smallest absolute Gasteiger partial charge is 0.0919 e. The predicted molar refractivity (Wildman–Crippen MR) is 109 cm³/mol. The van der Waals surface area contributed by atoms with E-state index in [0.717, 1.165) is 28.7 Å². The van der Waals surface area contributed by atoms with E-state index in [4.69, 9.17) is 9.98 Å². The van der Waals surface area contributed by atoms with Crippen LogP contribution in [-0.4, -0.2) is 16.2 Å². The maximum absolute atomic E-state index is 5.14. The molecule has 2 heteroatoms. The van der Waals surface area contributed by atoms with Crippen molar-refractivity contribution in [2.24, 2.45) is 4.99 Å².